The van der Waals surface area contributed by atoms with Crippen molar-refractivity contribution in [2.45, 2.75) is 30.1 Å². The van der Waals surface area contributed by atoms with E-state index in [1.165, 1.54) is 4.31 Å². The zero-order chi connectivity index (χ0) is 22.7. The molecule has 0 amide bonds. The lowest BCUT2D eigenvalue weighted by atomic mass is 9.86. The summed E-state index contributed by atoms with van der Waals surface area (Å²) in [6.45, 7) is 5.25. The first-order chi connectivity index (χ1) is 15.2. The minimum Gasteiger partial charge on any atom is -0.207 e. The third-order valence-electron chi connectivity index (χ3n) is 6.69. The number of allylic oxidation sites excluding steroid dienone is 1. The van der Waals surface area contributed by atoms with Gasteiger partial charge in [-0.05, 0) is 67.2 Å². The van der Waals surface area contributed by atoms with Crippen LogP contribution in [0, 0.1) is 19.8 Å². The largest absolute Gasteiger partial charge is 0.243 e. The number of hydrogen-bond donors (Lipinski definition) is 0. The standard InChI is InChI=1S/C24H26N2O4S2/c1-17-3-9-21(10-4-17)31(27,28)25-13-19-7-8-20-14-26(16-24(20)23(19)15-25)32(29,30)22-11-5-18(2)6-12-22/h3-7,9-12,20H,8,13-16H2,1-2H3. The Morgan fingerprint density at radius 2 is 1.25 bits per heavy atom. The maximum absolute atomic E-state index is 13.2. The molecule has 0 radical (unpaired) electrons. The quantitative estimate of drug-likeness (QED) is 0.688. The summed E-state index contributed by atoms with van der Waals surface area (Å²) in [6.07, 6.45) is 2.84. The lowest BCUT2D eigenvalue weighted by Crippen LogP contribution is -2.29. The molecule has 2 saturated heterocycles. The summed E-state index contributed by atoms with van der Waals surface area (Å²) >= 11 is 0. The molecule has 6 nitrogen and oxygen atoms in total. The van der Waals surface area contributed by atoms with Crippen molar-refractivity contribution in [3.63, 3.8) is 0 Å². The van der Waals surface area contributed by atoms with Crippen LogP contribution < -0.4 is 0 Å². The molecule has 32 heavy (non-hydrogen) atoms. The van der Waals surface area contributed by atoms with Gasteiger partial charge in [-0.2, -0.15) is 8.61 Å². The molecule has 2 aromatic rings. The van der Waals surface area contributed by atoms with Crippen LogP contribution in [0.25, 0.3) is 0 Å². The fourth-order valence-electron chi connectivity index (χ4n) is 4.77. The SMILES string of the molecule is Cc1ccc(S(=O)(=O)N2CC3=CCC4CN(S(=O)(=O)c5ccc(C)cc5)CC4=C3C2)cc1. The van der Waals surface area contributed by atoms with Crippen molar-refractivity contribution >= 4 is 20.0 Å². The Hall–Kier alpha value is -2.26. The van der Waals surface area contributed by atoms with Gasteiger partial charge in [-0.3, -0.25) is 0 Å². The highest BCUT2D eigenvalue weighted by atomic mass is 32.2. The van der Waals surface area contributed by atoms with E-state index in [1.54, 1.807) is 40.7 Å². The Kier molecular flexibility index (Phi) is 5.16. The van der Waals surface area contributed by atoms with Crippen LogP contribution in [0.2, 0.25) is 0 Å². The van der Waals surface area contributed by atoms with E-state index < -0.39 is 20.0 Å². The molecule has 0 bridgehead atoms. The summed E-state index contributed by atoms with van der Waals surface area (Å²) in [5.74, 6) is 0.107. The average molecular weight is 471 g/mol. The fourth-order valence-corrected chi connectivity index (χ4v) is 7.62. The molecular formula is C24H26N2O4S2. The van der Waals surface area contributed by atoms with Gasteiger partial charge in [-0.1, -0.05) is 41.5 Å². The highest BCUT2D eigenvalue weighted by Gasteiger charge is 2.42. The summed E-state index contributed by atoms with van der Waals surface area (Å²) in [7, 11) is -7.19. The average Bonchev–Trinajstić information content (AvgIpc) is 3.39. The van der Waals surface area contributed by atoms with Crippen molar-refractivity contribution < 1.29 is 16.8 Å². The van der Waals surface area contributed by atoms with Gasteiger partial charge in [0.15, 0.2) is 0 Å². The molecule has 1 aliphatic carbocycles. The Balaban J connectivity index is 1.43. The Bertz CT molecular complexity index is 1340. The zero-order valence-corrected chi connectivity index (χ0v) is 19.8. The summed E-state index contributed by atoms with van der Waals surface area (Å²) in [6, 6.07) is 13.8. The van der Waals surface area contributed by atoms with Crippen molar-refractivity contribution in [3.05, 3.63) is 82.5 Å². The Morgan fingerprint density at radius 3 is 1.81 bits per heavy atom. The number of fused-ring (bicyclic) bond motifs is 2. The predicted molar refractivity (Wildman–Crippen MR) is 123 cm³/mol. The van der Waals surface area contributed by atoms with E-state index in [-0.39, 0.29) is 5.92 Å². The van der Waals surface area contributed by atoms with Gasteiger partial charge < -0.3 is 0 Å². The van der Waals surface area contributed by atoms with Crippen LogP contribution in [-0.2, 0) is 20.0 Å². The van der Waals surface area contributed by atoms with Crippen LogP contribution >= 0.6 is 0 Å². The molecule has 168 valence electrons. The van der Waals surface area contributed by atoms with Gasteiger partial charge in [0.1, 0.15) is 0 Å². The molecule has 2 heterocycles. The molecular weight excluding hydrogens is 444 g/mol. The number of rotatable bonds is 4. The molecule has 0 saturated carbocycles. The third kappa shape index (κ3) is 3.55. The predicted octanol–water partition coefficient (Wildman–Crippen LogP) is 3.26. The molecule has 2 aliphatic heterocycles. The first-order valence-electron chi connectivity index (χ1n) is 10.7. The van der Waals surface area contributed by atoms with E-state index in [9.17, 15) is 16.8 Å². The van der Waals surface area contributed by atoms with Crippen LogP contribution in [0.1, 0.15) is 17.5 Å². The van der Waals surface area contributed by atoms with Crippen molar-refractivity contribution in [2.24, 2.45) is 5.92 Å². The van der Waals surface area contributed by atoms with Gasteiger partial charge in [-0.15, -0.1) is 0 Å². The monoisotopic (exact) mass is 470 g/mol. The number of aryl methyl sites for hydroxylation is 2. The number of sulfonamides is 2. The van der Waals surface area contributed by atoms with Crippen LogP contribution in [0.15, 0.2) is 81.1 Å². The second-order valence-electron chi connectivity index (χ2n) is 8.86. The second-order valence-corrected chi connectivity index (χ2v) is 12.7. The molecule has 2 fully saturated rings. The minimum atomic E-state index is -3.60. The number of benzene rings is 2. The summed E-state index contributed by atoms with van der Waals surface area (Å²) < 4.78 is 55.8. The van der Waals surface area contributed by atoms with Crippen LogP contribution in [0.4, 0.5) is 0 Å². The highest BCUT2D eigenvalue weighted by molar-refractivity contribution is 7.89. The minimum absolute atomic E-state index is 0.107. The zero-order valence-electron chi connectivity index (χ0n) is 18.2. The van der Waals surface area contributed by atoms with Crippen molar-refractivity contribution in [3.8, 4) is 0 Å². The molecule has 2 aromatic carbocycles. The molecule has 3 aliphatic rings. The molecule has 1 unspecified atom stereocenters. The van der Waals surface area contributed by atoms with Crippen molar-refractivity contribution in [2.75, 3.05) is 26.2 Å². The maximum atomic E-state index is 13.2. The molecule has 8 heteroatoms. The molecule has 1 atom stereocenters. The van der Waals surface area contributed by atoms with E-state index >= 15 is 0 Å². The molecule has 5 rings (SSSR count). The second kappa shape index (κ2) is 7.66. The van der Waals surface area contributed by atoms with Crippen molar-refractivity contribution in [1.82, 2.24) is 8.61 Å². The normalized spacial score (nSPS) is 22.1. The summed E-state index contributed by atoms with van der Waals surface area (Å²) in [5, 5.41) is 0. The Labute approximate surface area is 190 Å². The smallest absolute Gasteiger partial charge is 0.207 e. The van der Waals surface area contributed by atoms with Gasteiger partial charge >= 0.3 is 0 Å². The van der Waals surface area contributed by atoms with E-state index in [0.29, 0.717) is 36.0 Å². The van der Waals surface area contributed by atoms with Crippen molar-refractivity contribution in [1.29, 1.82) is 0 Å². The summed E-state index contributed by atoms with van der Waals surface area (Å²) in [4.78, 5) is 0.593. The van der Waals surface area contributed by atoms with Gasteiger partial charge in [0.05, 0.1) is 9.79 Å². The molecule has 0 N–H and O–H groups in total. The van der Waals surface area contributed by atoms with Gasteiger partial charge in [0, 0.05) is 26.2 Å². The highest BCUT2D eigenvalue weighted by Crippen LogP contribution is 2.41. The van der Waals surface area contributed by atoms with E-state index in [4.69, 9.17) is 0 Å². The van der Waals surface area contributed by atoms with Crippen LogP contribution in [0.5, 0.6) is 0 Å². The van der Waals surface area contributed by atoms with Gasteiger partial charge in [0.25, 0.3) is 0 Å². The summed E-state index contributed by atoms with van der Waals surface area (Å²) in [5.41, 5.74) is 5.11. The lowest BCUT2D eigenvalue weighted by molar-refractivity contribution is 0.457. The Morgan fingerprint density at radius 1 is 0.719 bits per heavy atom. The van der Waals surface area contributed by atoms with Gasteiger partial charge in [-0.25, -0.2) is 16.8 Å². The van der Waals surface area contributed by atoms with E-state index in [0.717, 1.165) is 34.3 Å². The third-order valence-corrected chi connectivity index (χ3v) is 10.3. The van der Waals surface area contributed by atoms with E-state index in [1.807, 2.05) is 26.0 Å². The molecule has 0 aromatic heterocycles. The van der Waals surface area contributed by atoms with E-state index in [2.05, 4.69) is 6.08 Å². The fraction of sp³-hybridized carbons (Fsp3) is 0.333. The van der Waals surface area contributed by atoms with Crippen LogP contribution in [0.3, 0.4) is 0 Å². The topological polar surface area (TPSA) is 74.8 Å². The lowest BCUT2D eigenvalue weighted by Gasteiger charge is -2.17. The maximum Gasteiger partial charge on any atom is 0.243 e. The number of nitrogens with zero attached hydrogens (tertiary/aromatic N) is 2. The van der Waals surface area contributed by atoms with Gasteiger partial charge in [0.2, 0.25) is 20.0 Å². The molecule has 0 spiro atoms. The first kappa shape index (κ1) is 21.6. The van der Waals surface area contributed by atoms with Crippen LogP contribution in [-0.4, -0.2) is 51.6 Å². The first-order valence-corrected chi connectivity index (χ1v) is 13.6. The number of hydrogen-bond acceptors (Lipinski definition) is 4.